The lowest BCUT2D eigenvalue weighted by Crippen LogP contribution is -2.45. The number of nitrogens with one attached hydrogen (secondary N) is 1. The van der Waals surface area contributed by atoms with E-state index in [-0.39, 0.29) is 18.2 Å². The second-order valence-corrected chi connectivity index (χ2v) is 10.1. The van der Waals surface area contributed by atoms with Crippen LogP contribution in [0.4, 0.5) is 11.4 Å². The summed E-state index contributed by atoms with van der Waals surface area (Å²) in [6.45, 7) is 7.21. The second kappa shape index (κ2) is 15.2. The van der Waals surface area contributed by atoms with E-state index in [9.17, 15) is 14.4 Å². The molecular weight excluding hydrogens is 502 g/mol. The highest BCUT2D eigenvalue weighted by atomic mass is 32.2. The zero-order valence-corrected chi connectivity index (χ0v) is 23.2. The molecule has 1 N–H and O–H groups in total. The molecule has 2 amide bonds. The van der Waals surface area contributed by atoms with Gasteiger partial charge in [0.1, 0.15) is 11.0 Å². The molecule has 1 heterocycles. The van der Waals surface area contributed by atoms with Gasteiger partial charge in [0.05, 0.1) is 24.5 Å². The van der Waals surface area contributed by atoms with Gasteiger partial charge in [0.25, 0.3) is 0 Å². The van der Waals surface area contributed by atoms with E-state index in [0.717, 1.165) is 25.7 Å². The fourth-order valence-electron chi connectivity index (χ4n) is 3.98. The Hall–Kier alpha value is -3.33. The third-order valence-corrected chi connectivity index (χ3v) is 7.12. The molecule has 0 aliphatic carbocycles. The first-order valence-electron chi connectivity index (χ1n) is 13.3. The van der Waals surface area contributed by atoms with Gasteiger partial charge in [-0.3, -0.25) is 14.5 Å². The maximum atomic E-state index is 13.2. The van der Waals surface area contributed by atoms with Gasteiger partial charge < -0.3 is 14.8 Å². The molecule has 1 aliphatic rings. The number of benzene rings is 2. The van der Waals surface area contributed by atoms with E-state index < -0.39 is 11.2 Å². The van der Waals surface area contributed by atoms with Crippen molar-refractivity contribution in [3.63, 3.8) is 0 Å². The number of esters is 1. The molecule has 0 aromatic heterocycles. The Kier molecular flexibility index (Phi) is 11.7. The van der Waals surface area contributed by atoms with Gasteiger partial charge in [-0.25, -0.2) is 9.79 Å². The van der Waals surface area contributed by atoms with Crippen molar-refractivity contribution in [1.29, 1.82) is 0 Å². The lowest BCUT2D eigenvalue weighted by atomic mass is 10.1. The number of carbonyl (C=O) groups excluding carboxylic acids is 3. The molecule has 0 saturated carbocycles. The highest BCUT2D eigenvalue weighted by molar-refractivity contribution is 8.15. The summed E-state index contributed by atoms with van der Waals surface area (Å²) in [5.74, 6) is -0.109. The number of aliphatic imine (C=N–C) groups is 1. The predicted octanol–water partition coefficient (Wildman–Crippen LogP) is 6.19. The number of hydrogen-bond donors (Lipinski definition) is 1. The van der Waals surface area contributed by atoms with Crippen molar-refractivity contribution in [2.45, 2.75) is 64.5 Å². The van der Waals surface area contributed by atoms with Crippen LogP contribution in [-0.2, 0) is 14.3 Å². The van der Waals surface area contributed by atoms with Crippen molar-refractivity contribution in [3.8, 4) is 5.75 Å². The number of carbonyl (C=O) groups is 3. The number of amidine groups is 1. The highest BCUT2D eigenvalue weighted by Gasteiger charge is 2.35. The van der Waals surface area contributed by atoms with Crippen LogP contribution in [0.25, 0.3) is 0 Å². The minimum atomic E-state index is -0.618. The summed E-state index contributed by atoms with van der Waals surface area (Å²) in [5, 5.41) is 2.78. The molecule has 1 saturated heterocycles. The van der Waals surface area contributed by atoms with Gasteiger partial charge >= 0.3 is 5.97 Å². The van der Waals surface area contributed by atoms with Crippen LogP contribution in [0.1, 0.15) is 69.7 Å². The molecule has 2 aromatic rings. The Morgan fingerprint density at radius 3 is 2.50 bits per heavy atom. The third-order valence-electron chi connectivity index (χ3n) is 5.93. The van der Waals surface area contributed by atoms with Gasteiger partial charge in [-0.1, -0.05) is 50.4 Å². The lowest BCUT2D eigenvalue weighted by Gasteiger charge is -2.32. The number of anilines is 1. The minimum absolute atomic E-state index is 0.0947. The molecule has 1 aliphatic heterocycles. The first-order valence-corrected chi connectivity index (χ1v) is 14.2. The largest absolute Gasteiger partial charge is 0.494 e. The molecule has 1 atom stereocenters. The van der Waals surface area contributed by atoms with Crippen LogP contribution in [0.15, 0.2) is 53.5 Å². The number of unbranched alkanes of at least 4 members (excludes halogenated alkanes) is 4. The van der Waals surface area contributed by atoms with Gasteiger partial charge in [0.2, 0.25) is 11.8 Å². The standard InChI is InChI=1S/C29H37N3O5S/c1-4-7-8-9-10-18-32-26(33)20-25(27(34)30-23-12-11-13-24(19-23)36-5-2)38-29(32)31-22-16-14-21(15-17-22)28(35)37-6-3/h11-17,19,25H,4-10,18,20H2,1-3H3,(H,30,34). The van der Waals surface area contributed by atoms with E-state index in [1.807, 2.05) is 19.1 Å². The molecule has 3 rings (SSSR count). The van der Waals surface area contributed by atoms with Crippen molar-refractivity contribution >= 4 is 46.1 Å². The molecule has 2 aromatic carbocycles. The normalized spacial score (nSPS) is 16.4. The average Bonchev–Trinajstić information content (AvgIpc) is 2.90. The van der Waals surface area contributed by atoms with Gasteiger partial charge in [0.15, 0.2) is 5.17 Å². The molecular formula is C29H37N3O5S. The highest BCUT2D eigenvalue weighted by Crippen LogP contribution is 2.31. The number of amides is 2. The van der Waals surface area contributed by atoms with E-state index in [2.05, 4.69) is 12.2 Å². The van der Waals surface area contributed by atoms with Crippen molar-refractivity contribution in [3.05, 3.63) is 54.1 Å². The first kappa shape index (κ1) is 29.2. The predicted molar refractivity (Wildman–Crippen MR) is 152 cm³/mol. The molecule has 0 spiro atoms. The number of hydrogen-bond acceptors (Lipinski definition) is 7. The summed E-state index contributed by atoms with van der Waals surface area (Å²) >= 11 is 1.29. The van der Waals surface area contributed by atoms with Crippen LogP contribution in [0.3, 0.4) is 0 Å². The van der Waals surface area contributed by atoms with Crippen molar-refractivity contribution in [1.82, 2.24) is 4.90 Å². The number of nitrogens with zero attached hydrogens (tertiary/aromatic N) is 2. The van der Waals surface area contributed by atoms with E-state index in [4.69, 9.17) is 14.5 Å². The van der Waals surface area contributed by atoms with Gasteiger partial charge in [-0.2, -0.15) is 0 Å². The number of thioether (sulfide) groups is 1. The maximum absolute atomic E-state index is 13.2. The van der Waals surface area contributed by atoms with Crippen molar-refractivity contribution < 1.29 is 23.9 Å². The van der Waals surface area contributed by atoms with E-state index in [1.165, 1.54) is 18.2 Å². The monoisotopic (exact) mass is 539 g/mol. The summed E-state index contributed by atoms with van der Waals surface area (Å²) in [7, 11) is 0. The first-order chi connectivity index (χ1) is 18.4. The number of ether oxygens (including phenoxy) is 2. The van der Waals surface area contributed by atoms with Gasteiger partial charge in [0, 0.05) is 24.7 Å². The minimum Gasteiger partial charge on any atom is -0.494 e. The van der Waals surface area contributed by atoms with Crippen LogP contribution < -0.4 is 10.1 Å². The molecule has 8 nitrogen and oxygen atoms in total. The number of rotatable bonds is 13. The average molecular weight is 540 g/mol. The fraction of sp³-hybridized carbons (Fsp3) is 0.448. The lowest BCUT2D eigenvalue weighted by molar-refractivity contribution is -0.129. The summed E-state index contributed by atoms with van der Waals surface area (Å²) in [4.78, 5) is 44.8. The van der Waals surface area contributed by atoms with Crippen LogP contribution in [0.5, 0.6) is 5.75 Å². The Morgan fingerprint density at radius 1 is 1.03 bits per heavy atom. The Bertz CT molecular complexity index is 1120. The Morgan fingerprint density at radius 2 is 1.79 bits per heavy atom. The summed E-state index contributed by atoms with van der Waals surface area (Å²) in [6, 6.07) is 13.9. The van der Waals surface area contributed by atoms with Gasteiger partial charge in [-0.15, -0.1) is 0 Å². The third kappa shape index (κ3) is 8.62. The smallest absolute Gasteiger partial charge is 0.338 e. The van der Waals surface area contributed by atoms with Crippen LogP contribution in [0.2, 0.25) is 0 Å². The molecule has 0 radical (unpaired) electrons. The quantitative estimate of drug-likeness (QED) is 0.241. The van der Waals surface area contributed by atoms with Gasteiger partial charge in [-0.05, 0) is 56.7 Å². The van der Waals surface area contributed by atoms with Crippen molar-refractivity contribution in [2.24, 2.45) is 4.99 Å². The maximum Gasteiger partial charge on any atom is 0.338 e. The van der Waals surface area contributed by atoms with Crippen LogP contribution in [-0.4, -0.2) is 52.9 Å². The molecule has 0 bridgehead atoms. The SMILES string of the molecule is CCCCCCCN1C(=O)CC(C(=O)Nc2cccc(OCC)c2)SC1=Nc1ccc(C(=O)OCC)cc1. The van der Waals surface area contributed by atoms with Crippen LogP contribution in [0, 0.1) is 0 Å². The molecule has 9 heteroatoms. The Balaban J connectivity index is 1.77. The second-order valence-electron chi connectivity index (χ2n) is 8.88. The summed E-state index contributed by atoms with van der Waals surface area (Å²) in [5.41, 5.74) is 1.64. The zero-order valence-electron chi connectivity index (χ0n) is 22.4. The molecule has 38 heavy (non-hydrogen) atoms. The van der Waals surface area contributed by atoms with E-state index in [0.29, 0.717) is 47.6 Å². The van der Waals surface area contributed by atoms with E-state index >= 15 is 0 Å². The molecule has 204 valence electrons. The fourth-order valence-corrected chi connectivity index (χ4v) is 5.11. The van der Waals surface area contributed by atoms with Crippen molar-refractivity contribution in [2.75, 3.05) is 25.1 Å². The summed E-state index contributed by atoms with van der Waals surface area (Å²) in [6.07, 6.45) is 5.44. The van der Waals surface area contributed by atoms with Crippen LogP contribution >= 0.6 is 11.8 Å². The molecule has 1 unspecified atom stereocenters. The molecule has 1 fully saturated rings. The summed E-state index contributed by atoms with van der Waals surface area (Å²) < 4.78 is 10.6. The topological polar surface area (TPSA) is 97.3 Å². The zero-order chi connectivity index (χ0) is 27.3. The Labute approximate surface area is 229 Å². The van der Waals surface area contributed by atoms with E-state index in [1.54, 1.807) is 48.2 Å².